The molecule has 4 rings (SSSR count). The van der Waals surface area contributed by atoms with Crippen LogP contribution in [0.15, 0.2) is 77.4 Å². The Morgan fingerprint density at radius 2 is 1.73 bits per heavy atom. The quantitative estimate of drug-likeness (QED) is 0.593. The number of furan rings is 1. The summed E-state index contributed by atoms with van der Waals surface area (Å²) >= 11 is 0. The predicted molar refractivity (Wildman–Crippen MR) is 117 cm³/mol. The van der Waals surface area contributed by atoms with Crippen LogP contribution in [0.4, 0.5) is 0 Å². The van der Waals surface area contributed by atoms with E-state index in [1.165, 1.54) is 19.3 Å². The lowest BCUT2D eigenvalue weighted by Crippen LogP contribution is -2.41. The van der Waals surface area contributed by atoms with Crippen LogP contribution in [-0.4, -0.2) is 37.0 Å². The van der Waals surface area contributed by atoms with Crippen LogP contribution >= 0.6 is 0 Å². The van der Waals surface area contributed by atoms with Crippen LogP contribution in [0.25, 0.3) is 11.1 Å². The highest BCUT2D eigenvalue weighted by molar-refractivity contribution is 5.78. The first-order chi connectivity index (χ1) is 14.8. The fourth-order valence-corrected chi connectivity index (χ4v) is 3.97. The number of nitrogens with zero attached hydrogens (tertiary/aromatic N) is 1. The third-order valence-corrected chi connectivity index (χ3v) is 5.53. The second-order valence-electron chi connectivity index (χ2n) is 7.58. The molecule has 5 nitrogen and oxygen atoms in total. The first-order valence-electron chi connectivity index (χ1n) is 10.6. The summed E-state index contributed by atoms with van der Waals surface area (Å²) in [6, 6.07) is 21.8. The molecule has 1 aliphatic rings. The van der Waals surface area contributed by atoms with Gasteiger partial charge in [0.1, 0.15) is 11.5 Å². The molecule has 30 heavy (non-hydrogen) atoms. The fraction of sp³-hybridized carbons (Fsp3) is 0.320. The largest absolute Gasteiger partial charge is 0.483 e. The van der Waals surface area contributed by atoms with Crippen LogP contribution in [0.1, 0.15) is 31.1 Å². The minimum Gasteiger partial charge on any atom is -0.483 e. The third kappa shape index (κ3) is 5.10. The Labute approximate surface area is 177 Å². The normalized spacial score (nSPS) is 15.5. The maximum atomic E-state index is 12.5. The van der Waals surface area contributed by atoms with Gasteiger partial charge in [-0.1, -0.05) is 55.0 Å². The summed E-state index contributed by atoms with van der Waals surface area (Å²) in [6.07, 6.45) is 5.33. The van der Waals surface area contributed by atoms with Gasteiger partial charge in [0.15, 0.2) is 6.61 Å². The monoisotopic (exact) mass is 404 g/mol. The number of amides is 1. The van der Waals surface area contributed by atoms with E-state index in [-0.39, 0.29) is 18.6 Å². The minimum absolute atomic E-state index is 0.0191. The van der Waals surface area contributed by atoms with E-state index in [0.29, 0.717) is 12.3 Å². The molecule has 156 valence electrons. The van der Waals surface area contributed by atoms with Gasteiger partial charge < -0.3 is 14.5 Å². The number of carbonyl (C=O) groups is 1. The molecule has 0 aliphatic carbocycles. The van der Waals surface area contributed by atoms with Crippen LogP contribution in [0.5, 0.6) is 5.75 Å². The lowest BCUT2D eigenvalue weighted by Gasteiger charge is -2.33. The number of rotatable bonds is 8. The lowest BCUT2D eigenvalue weighted by atomic mass is 10.1. The molecule has 0 bridgehead atoms. The van der Waals surface area contributed by atoms with E-state index >= 15 is 0 Å². The molecule has 1 N–H and O–H groups in total. The molecular weight excluding hydrogens is 376 g/mol. The van der Waals surface area contributed by atoms with E-state index in [4.69, 9.17) is 9.15 Å². The molecule has 1 atom stereocenters. The van der Waals surface area contributed by atoms with Crippen molar-refractivity contribution in [1.82, 2.24) is 10.2 Å². The molecule has 0 radical (unpaired) electrons. The first-order valence-corrected chi connectivity index (χ1v) is 10.6. The van der Waals surface area contributed by atoms with E-state index < -0.39 is 0 Å². The molecule has 1 aromatic heterocycles. The summed E-state index contributed by atoms with van der Waals surface area (Å²) in [7, 11) is 0. The first kappa shape index (κ1) is 20.2. The predicted octanol–water partition coefficient (Wildman–Crippen LogP) is 4.67. The van der Waals surface area contributed by atoms with Crippen molar-refractivity contribution in [2.24, 2.45) is 0 Å². The number of hydrogen-bond acceptors (Lipinski definition) is 4. The topological polar surface area (TPSA) is 54.7 Å². The standard InChI is InChI=1S/C25H28N2O3/c28-25(19-30-23-13-6-5-12-21(23)20-10-3-1-4-11-20)26-18-22(24-14-9-17-29-24)27-15-7-2-8-16-27/h1,3-6,9-14,17,22H,2,7-8,15-16,18-19H2,(H,26,28). The van der Waals surface area contributed by atoms with Gasteiger partial charge in [-0.15, -0.1) is 0 Å². The minimum atomic E-state index is -0.133. The summed E-state index contributed by atoms with van der Waals surface area (Å²) in [5, 5.41) is 3.03. The summed E-state index contributed by atoms with van der Waals surface area (Å²) in [5.41, 5.74) is 2.05. The molecule has 2 heterocycles. The van der Waals surface area contributed by atoms with Gasteiger partial charge in [0, 0.05) is 12.1 Å². The highest BCUT2D eigenvalue weighted by Crippen LogP contribution is 2.29. The van der Waals surface area contributed by atoms with E-state index in [2.05, 4.69) is 10.2 Å². The van der Waals surface area contributed by atoms with Gasteiger partial charge in [-0.05, 0) is 49.7 Å². The van der Waals surface area contributed by atoms with Gasteiger partial charge in [0.25, 0.3) is 5.91 Å². The van der Waals surface area contributed by atoms with Crippen molar-refractivity contribution in [1.29, 1.82) is 0 Å². The Bertz CT molecular complexity index is 919. The molecule has 1 amide bonds. The number of hydrogen-bond donors (Lipinski definition) is 1. The van der Waals surface area contributed by atoms with Crippen molar-refractivity contribution < 1.29 is 13.9 Å². The second-order valence-corrected chi connectivity index (χ2v) is 7.58. The van der Waals surface area contributed by atoms with Crippen molar-refractivity contribution in [2.75, 3.05) is 26.2 Å². The molecule has 0 saturated carbocycles. The third-order valence-electron chi connectivity index (χ3n) is 5.53. The van der Waals surface area contributed by atoms with E-state index in [9.17, 15) is 4.79 Å². The van der Waals surface area contributed by atoms with E-state index in [0.717, 1.165) is 30.0 Å². The maximum Gasteiger partial charge on any atom is 0.258 e. The smallest absolute Gasteiger partial charge is 0.258 e. The van der Waals surface area contributed by atoms with Crippen molar-refractivity contribution in [3.8, 4) is 16.9 Å². The fourth-order valence-electron chi connectivity index (χ4n) is 3.97. The van der Waals surface area contributed by atoms with Gasteiger partial charge in [-0.2, -0.15) is 0 Å². The van der Waals surface area contributed by atoms with Crippen LogP contribution in [0.3, 0.4) is 0 Å². The van der Waals surface area contributed by atoms with Crippen molar-refractivity contribution in [3.05, 3.63) is 78.8 Å². The molecule has 1 aliphatic heterocycles. The zero-order valence-electron chi connectivity index (χ0n) is 17.1. The van der Waals surface area contributed by atoms with Crippen LogP contribution in [0, 0.1) is 0 Å². The highest BCUT2D eigenvalue weighted by atomic mass is 16.5. The Morgan fingerprint density at radius 1 is 0.967 bits per heavy atom. The van der Waals surface area contributed by atoms with Gasteiger partial charge in [0.2, 0.25) is 0 Å². The lowest BCUT2D eigenvalue weighted by molar-refractivity contribution is -0.123. The van der Waals surface area contributed by atoms with Gasteiger partial charge in [0.05, 0.1) is 12.3 Å². The molecule has 1 saturated heterocycles. The molecule has 5 heteroatoms. The van der Waals surface area contributed by atoms with Crippen LogP contribution in [0.2, 0.25) is 0 Å². The summed E-state index contributed by atoms with van der Waals surface area (Å²) in [5.74, 6) is 1.47. The molecule has 0 spiro atoms. The van der Waals surface area contributed by atoms with Gasteiger partial charge in [-0.25, -0.2) is 0 Å². The molecule has 3 aromatic rings. The summed E-state index contributed by atoms with van der Waals surface area (Å²) in [6.45, 7) is 2.55. The maximum absolute atomic E-state index is 12.5. The Morgan fingerprint density at radius 3 is 2.50 bits per heavy atom. The molecule has 2 aromatic carbocycles. The molecular formula is C25H28N2O3. The number of ether oxygens (including phenoxy) is 1. The van der Waals surface area contributed by atoms with Crippen molar-refractivity contribution in [3.63, 3.8) is 0 Å². The van der Waals surface area contributed by atoms with Crippen LogP contribution < -0.4 is 10.1 Å². The number of carbonyl (C=O) groups excluding carboxylic acids is 1. The number of nitrogens with one attached hydrogen (secondary N) is 1. The van der Waals surface area contributed by atoms with Crippen molar-refractivity contribution in [2.45, 2.75) is 25.3 Å². The average Bonchev–Trinajstić information content (AvgIpc) is 3.34. The zero-order valence-corrected chi connectivity index (χ0v) is 17.1. The SMILES string of the molecule is O=C(COc1ccccc1-c1ccccc1)NCC(c1ccco1)N1CCCCC1. The Hall–Kier alpha value is -3.05. The van der Waals surface area contributed by atoms with Gasteiger partial charge >= 0.3 is 0 Å². The highest BCUT2D eigenvalue weighted by Gasteiger charge is 2.25. The molecule has 1 fully saturated rings. The van der Waals surface area contributed by atoms with Crippen molar-refractivity contribution >= 4 is 5.91 Å². The number of piperidine rings is 1. The molecule has 1 unspecified atom stereocenters. The van der Waals surface area contributed by atoms with E-state index in [1.54, 1.807) is 6.26 Å². The number of likely N-dealkylation sites (tertiary alicyclic amines) is 1. The Balaban J connectivity index is 1.36. The summed E-state index contributed by atoms with van der Waals surface area (Å²) < 4.78 is 11.5. The number of para-hydroxylation sites is 1. The summed E-state index contributed by atoms with van der Waals surface area (Å²) in [4.78, 5) is 14.9. The average molecular weight is 405 g/mol. The number of benzene rings is 2. The second kappa shape index (κ2) is 10.1. The Kier molecular flexibility index (Phi) is 6.83. The van der Waals surface area contributed by atoms with Crippen LogP contribution in [-0.2, 0) is 4.79 Å². The van der Waals surface area contributed by atoms with Gasteiger partial charge in [-0.3, -0.25) is 9.69 Å². The van der Waals surface area contributed by atoms with E-state index in [1.807, 2.05) is 66.7 Å². The zero-order chi connectivity index (χ0) is 20.6.